The van der Waals surface area contributed by atoms with Crippen molar-refractivity contribution < 1.29 is 9.59 Å². The lowest BCUT2D eigenvalue weighted by Crippen LogP contribution is -2.19. The molecular formula is C22H32O2. The summed E-state index contributed by atoms with van der Waals surface area (Å²) in [4.78, 5) is 22.5. The van der Waals surface area contributed by atoms with Gasteiger partial charge in [0.1, 0.15) is 11.6 Å². The molecule has 4 rings (SSSR count). The van der Waals surface area contributed by atoms with E-state index >= 15 is 0 Å². The van der Waals surface area contributed by atoms with E-state index in [4.69, 9.17) is 0 Å². The van der Waals surface area contributed by atoms with Gasteiger partial charge >= 0.3 is 0 Å². The fourth-order valence-electron chi connectivity index (χ4n) is 5.96. The second-order valence-electron chi connectivity index (χ2n) is 8.44. The van der Waals surface area contributed by atoms with Crippen molar-refractivity contribution in [2.45, 2.75) is 66.2 Å². The molecule has 6 unspecified atom stereocenters. The summed E-state index contributed by atoms with van der Waals surface area (Å²) >= 11 is 0. The van der Waals surface area contributed by atoms with Gasteiger partial charge in [0.15, 0.2) is 0 Å². The topological polar surface area (TPSA) is 34.1 Å². The maximum atomic E-state index is 11.3. The van der Waals surface area contributed by atoms with Crippen molar-refractivity contribution in [2.24, 2.45) is 35.5 Å². The van der Waals surface area contributed by atoms with E-state index in [9.17, 15) is 9.59 Å². The largest absolute Gasteiger partial charge is 0.300 e. The Morgan fingerprint density at radius 2 is 1.50 bits per heavy atom. The Labute approximate surface area is 146 Å². The minimum absolute atomic E-state index is 0.370. The Morgan fingerprint density at radius 1 is 0.833 bits per heavy atom. The number of carbonyl (C=O) groups is 2. The maximum absolute atomic E-state index is 11.3. The monoisotopic (exact) mass is 328 g/mol. The smallest absolute Gasteiger partial charge is 0.133 e. The number of hydrogen-bond donors (Lipinski definition) is 0. The van der Waals surface area contributed by atoms with Crippen LogP contribution in [0.5, 0.6) is 0 Å². The summed E-state index contributed by atoms with van der Waals surface area (Å²) in [5, 5.41) is 0. The van der Waals surface area contributed by atoms with Crippen molar-refractivity contribution in [2.75, 3.05) is 0 Å². The second-order valence-corrected chi connectivity index (χ2v) is 8.44. The Kier molecular flexibility index (Phi) is 5.13. The molecule has 4 bridgehead atoms. The van der Waals surface area contributed by atoms with Gasteiger partial charge in [-0.25, -0.2) is 0 Å². The van der Waals surface area contributed by atoms with Gasteiger partial charge in [-0.2, -0.15) is 0 Å². The number of hydrogen-bond acceptors (Lipinski definition) is 2. The SMILES string of the molecule is CC=C1CC2CC(C(C)=O)C1C2.CC=C1CC2CC1CC2C(C)=O. The van der Waals surface area contributed by atoms with Crippen LogP contribution in [0.1, 0.15) is 66.2 Å². The first kappa shape index (κ1) is 17.6. The molecule has 0 radical (unpaired) electrons. The van der Waals surface area contributed by atoms with Gasteiger partial charge in [0.2, 0.25) is 0 Å². The summed E-state index contributed by atoms with van der Waals surface area (Å²) in [7, 11) is 0. The molecule has 0 aromatic heterocycles. The van der Waals surface area contributed by atoms with Crippen molar-refractivity contribution in [3.05, 3.63) is 23.3 Å². The molecule has 4 aliphatic rings. The van der Waals surface area contributed by atoms with Crippen LogP contribution in [0, 0.1) is 35.5 Å². The molecule has 2 nitrogen and oxygen atoms in total. The summed E-state index contributed by atoms with van der Waals surface area (Å²) in [5.41, 5.74) is 3.16. The number of ketones is 2. The Hall–Kier alpha value is -1.18. The van der Waals surface area contributed by atoms with E-state index in [0.717, 1.165) is 24.7 Å². The highest BCUT2D eigenvalue weighted by molar-refractivity contribution is 5.80. The van der Waals surface area contributed by atoms with Crippen molar-refractivity contribution in [3.8, 4) is 0 Å². The molecule has 4 aliphatic carbocycles. The molecule has 0 saturated heterocycles. The predicted octanol–water partition coefficient (Wildman–Crippen LogP) is 5.14. The van der Waals surface area contributed by atoms with Crippen molar-refractivity contribution in [1.82, 2.24) is 0 Å². The van der Waals surface area contributed by atoms with Crippen LogP contribution >= 0.6 is 0 Å². The van der Waals surface area contributed by atoms with Gasteiger partial charge in [-0.05, 0) is 89.9 Å². The van der Waals surface area contributed by atoms with E-state index in [1.807, 2.05) is 0 Å². The van der Waals surface area contributed by atoms with Crippen LogP contribution in [0.15, 0.2) is 23.3 Å². The fourth-order valence-corrected chi connectivity index (χ4v) is 5.96. The summed E-state index contributed by atoms with van der Waals surface area (Å²) in [6.07, 6.45) is 11.8. The highest BCUT2D eigenvalue weighted by atomic mass is 16.1. The molecule has 0 aromatic carbocycles. The van der Waals surface area contributed by atoms with E-state index in [-0.39, 0.29) is 0 Å². The zero-order chi connectivity index (χ0) is 17.4. The van der Waals surface area contributed by atoms with Crippen molar-refractivity contribution >= 4 is 11.6 Å². The lowest BCUT2D eigenvalue weighted by Gasteiger charge is -2.21. The Morgan fingerprint density at radius 3 is 1.96 bits per heavy atom. The van der Waals surface area contributed by atoms with E-state index in [2.05, 4.69) is 26.0 Å². The van der Waals surface area contributed by atoms with Gasteiger partial charge < -0.3 is 0 Å². The minimum Gasteiger partial charge on any atom is -0.300 e. The lowest BCUT2D eigenvalue weighted by atomic mass is 9.82. The first-order valence-corrected chi connectivity index (χ1v) is 9.75. The zero-order valence-corrected chi connectivity index (χ0v) is 15.7. The Bertz CT molecular complexity index is 583. The molecule has 4 fully saturated rings. The van der Waals surface area contributed by atoms with Crippen LogP contribution in [0.4, 0.5) is 0 Å². The molecule has 0 amide bonds. The highest BCUT2D eigenvalue weighted by Gasteiger charge is 2.44. The number of rotatable bonds is 2. The first-order chi connectivity index (χ1) is 11.4. The Balaban J connectivity index is 0.000000141. The summed E-state index contributed by atoms with van der Waals surface area (Å²) in [5.74, 6) is 4.49. The molecular weight excluding hydrogens is 296 g/mol. The number of allylic oxidation sites excluding steroid dienone is 4. The molecule has 0 spiro atoms. The van der Waals surface area contributed by atoms with Gasteiger partial charge in [0, 0.05) is 11.8 Å². The fraction of sp³-hybridized carbons (Fsp3) is 0.727. The molecule has 132 valence electrons. The molecule has 0 heterocycles. The minimum atomic E-state index is 0.370. The van der Waals surface area contributed by atoms with E-state index in [1.165, 1.54) is 25.7 Å². The summed E-state index contributed by atoms with van der Waals surface area (Å²) in [6, 6.07) is 0. The average molecular weight is 328 g/mol. The molecule has 4 saturated carbocycles. The van der Waals surface area contributed by atoms with Gasteiger partial charge in [-0.1, -0.05) is 23.3 Å². The number of fused-ring (bicyclic) bond motifs is 4. The van der Waals surface area contributed by atoms with Crippen LogP contribution < -0.4 is 0 Å². The van der Waals surface area contributed by atoms with Gasteiger partial charge in [0.05, 0.1) is 0 Å². The van der Waals surface area contributed by atoms with E-state index < -0.39 is 0 Å². The van der Waals surface area contributed by atoms with Gasteiger partial charge in [-0.3, -0.25) is 9.59 Å². The second kappa shape index (κ2) is 6.98. The van der Waals surface area contributed by atoms with Crippen molar-refractivity contribution in [1.29, 1.82) is 0 Å². The predicted molar refractivity (Wildman–Crippen MR) is 97.5 cm³/mol. The average Bonchev–Trinajstić information content (AvgIpc) is 3.32. The molecule has 2 heteroatoms. The molecule has 0 aromatic rings. The van der Waals surface area contributed by atoms with Crippen LogP contribution in [0.2, 0.25) is 0 Å². The van der Waals surface area contributed by atoms with E-state index in [0.29, 0.717) is 35.2 Å². The van der Waals surface area contributed by atoms with Crippen LogP contribution in [-0.4, -0.2) is 11.6 Å². The zero-order valence-electron chi connectivity index (χ0n) is 15.7. The van der Waals surface area contributed by atoms with Crippen molar-refractivity contribution in [3.63, 3.8) is 0 Å². The molecule has 24 heavy (non-hydrogen) atoms. The normalized spacial score (nSPS) is 42.5. The summed E-state index contributed by atoms with van der Waals surface area (Å²) < 4.78 is 0. The third-order valence-electron chi connectivity index (χ3n) is 7.16. The van der Waals surface area contributed by atoms with Crippen LogP contribution in [0.3, 0.4) is 0 Å². The molecule has 6 atom stereocenters. The number of carbonyl (C=O) groups excluding carboxylic acids is 2. The standard InChI is InChI=1S/2C11H16O/c1-3-9-4-8-5-10(7(2)12)11(9)6-8;1-3-8-4-10-5-9(8)6-11(10)7(2)12/h3,8,10-11H,4-6H2,1-2H3;3,9-11H,4-6H2,1-2H3. The maximum Gasteiger partial charge on any atom is 0.133 e. The molecule has 0 N–H and O–H groups in total. The lowest BCUT2D eigenvalue weighted by molar-refractivity contribution is -0.122. The molecule has 0 aliphatic heterocycles. The number of Topliss-reactive ketones (excluding diaryl/α,β-unsaturated/α-hetero) is 2. The van der Waals surface area contributed by atoms with Crippen LogP contribution in [-0.2, 0) is 9.59 Å². The van der Waals surface area contributed by atoms with E-state index in [1.54, 1.807) is 25.0 Å². The third-order valence-corrected chi connectivity index (χ3v) is 7.16. The highest BCUT2D eigenvalue weighted by Crippen LogP contribution is 2.52. The summed E-state index contributed by atoms with van der Waals surface area (Å²) in [6.45, 7) is 7.73. The quantitative estimate of drug-likeness (QED) is 0.658. The van der Waals surface area contributed by atoms with Gasteiger partial charge in [-0.15, -0.1) is 0 Å². The van der Waals surface area contributed by atoms with Gasteiger partial charge in [0.25, 0.3) is 0 Å². The first-order valence-electron chi connectivity index (χ1n) is 9.75. The third kappa shape index (κ3) is 3.17. The van der Waals surface area contributed by atoms with Crippen LogP contribution in [0.25, 0.3) is 0 Å².